The summed E-state index contributed by atoms with van der Waals surface area (Å²) in [6.07, 6.45) is 4.84. The van der Waals surface area contributed by atoms with Gasteiger partial charge in [-0.25, -0.2) is 0 Å². The minimum atomic E-state index is -0.258. The van der Waals surface area contributed by atoms with Gasteiger partial charge in [-0.2, -0.15) is 5.10 Å². The lowest BCUT2D eigenvalue weighted by atomic mass is 9.78. The van der Waals surface area contributed by atoms with Crippen molar-refractivity contribution in [2.75, 3.05) is 13.2 Å². The first-order valence-electron chi connectivity index (χ1n) is 8.84. The van der Waals surface area contributed by atoms with Gasteiger partial charge >= 0.3 is 0 Å². The number of aryl methyl sites for hydroxylation is 1. The summed E-state index contributed by atoms with van der Waals surface area (Å²) in [6, 6.07) is 2.63. The van der Waals surface area contributed by atoms with Crippen molar-refractivity contribution in [3.63, 3.8) is 0 Å². The molecule has 2 aliphatic rings. The average molecular weight is 382 g/mol. The summed E-state index contributed by atoms with van der Waals surface area (Å²) in [5.74, 6) is 0. The molecule has 1 saturated heterocycles. The summed E-state index contributed by atoms with van der Waals surface area (Å²) < 4.78 is 9.09. The van der Waals surface area contributed by atoms with Crippen LogP contribution >= 0.6 is 22.9 Å². The van der Waals surface area contributed by atoms with Crippen molar-refractivity contribution in [3.8, 4) is 0 Å². The van der Waals surface area contributed by atoms with E-state index in [9.17, 15) is 5.11 Å². The summed E-state index contributed by atoms with van der Waals surface area (Å²) in [5.41, 5.74) is 3.29. The third-order valence-electron chi connectivity index (χ3n) is 5.29. The molecule has 25 heavy (non-hydrogen) atoms. The van der Waals surface area contributed by atoms with Crippen LogP contribution in [-0.2, 0) is 23.3 Å². The van der Waals surface area contributed by atoms with Crippen molar-refractivity contribution < 1.29 is 9.84 Å². The summed E-state index contributed by atoms with van der Waals surface area (Å²) >= 11 is 7.99. The van der Waals surface area contributed by atoms with Crippen LogP contribution in [0.2, 0.25) is 4.34 Å². The fourth-order valence-corrected chi connectivity index (χ4v) is 5.82. The second-order valence-electron chi connectivity index (χ2n) is 7.18. The molecule has 4 heterocycles. The maximum Gasteiger partial charge on any atom is 0.106 e. The van der Waals surface area contributed by atoms with E-state index >= 15 is 0 Å². The smallest absolute Gasteiger partial charge is 0.106 e. The van der Waals surface area contributed by atoms with Gasteiger partial charge < -0.3 is 15.2 Å². The molecule has 3 atom stereocenters. The summed E-state index contributed by atoms with van der Waals surface area (Å²) in [6.45, 7) is 5.62. The molecule has 136 valence electrons. The van der Waals surface area contributed by atoms with E-state index in [2.05, 4.69) is 29.6 Å². The number of aliphatic hydroxyl groups is 1. The lowest BCUT2D eigenvalue weighted by Crippen LogP contribution is -2.49. The predicted octanol–water partition coefficient (Wildman–Crippen LogP) is 3.18. The highest BCUT2D eigenvalue weighted by atomic mass is 35.5. The molecule has 1 fully saturated rings. The van der Waals surface area contributed by atoms with Crippen molar-refractivity contribution >= 4 is 22.9 Å². The number of rotatable bonds is 3. The average Bonchev–Trinajstić information content (AvgIpc) is 3.10. The lowest BCUT2D eigenvalue weighted by molar-refractivity contribution is -0.0954. The maximum atomic E-state index is 9.17. The molecule has 3 unspecified atom stereocenters. The van der Waals surface area contributed by atoms with E-state index < -0.39 is 0 Å². The molecule has 0 saturated carbocycles. The van der Waals surface area contributed by atoms with Gasteiger partial charge in [0.25, 0.3) is 0 Å². The van der Waals surface area contributed by atoms with E-state index in [1.165, 1.54) is 16.0 Å². The minimum absolute atomic E-state index is 0.0964. The van der Waals surface area contributed by atoms with Crippen LogP contribution in [0.25, 0.3) is 0 Å². The van der Waals surface area contributed by atoms with E-state index in [0.717, 1.165) is 35.9 Å². The number of thiophene rings is 1. The zero-order chi connectivity index (χ0) is 17.6. The first kappa shape index (κ1) is 17.5. The standard InChI is InChI=1S/C18H24ClN3O2S/c1-11-8-18(17-13(3-6-24-18)7-16(19)25-17)9-15(20-11)14-10-22(4-5-23)21-12(14)2/h7,10-11,15,20,23H,3-6,8-9H2,1-2H3. The Kier molecular flexibility index (Phi) is 4.67. The first-order valence-corrected chi connectivity index (χ1v) is 10.0. The van der Waals surface area contributed by atoms with Gasteiger partial charge in [0.2, 0.25) is 0 Å². The summed E-state index contributed by atoms with van der Waals surface area (Å²) in [5, 5.41) is 17.4. The first-order chi connectivity index (χ1) is 12.0. The Balaban J connectivity index is 1.69. The van der Waals surface area contributed by atoms with Crippen LogP contribution in [0, 0.1) is 6.92 Å². The monoisotopic (exact) mass is 381 g/mol. The molecule has 4 rings (SSSR count). The Morgan fingerprint density at radius 3 is 3.16 bits per heavy atom. The van der Waals surface area contributed by atoms with Gasteiger partial charge in [-0.05, 0) is 38.3 Å². The maximum absolute atomic E-state index is 9.17. The SMILES string of the molecule is Cc1nn(CCO)cc1C1CC2(CC(C)N1)OCCc1cc(Cl)sc12. The van der Waals surface area contributed by atoms with Gasteiger partial charge in [-0.15, -0.1) is 11.3 Å². The van der Waals surface area contributed by atoms with E-state index in [1.807, 2.05) is 11.6 Å². The molecule has 2 aliphatic heterocycles. The van der Waals surface area contributed by atoms with Crippen molar-refractivity contribution in [1.29, 1.82) is 0 Å². The minimum Gasteiger partial charge on any atom is -0.394 e. The number of aromatic nitrogens is 2. The molecule has 7 heteroatoms. The molecule has 5 nitrogen and oxygen atoms in total. The van der Waals surface area contributed by atoms with Crippen LogP contribution in [0.5, 0.6) is 0 Å². The zero-order valence-corrected chi connectivity index (χ0v) is 16.2. The number of fused-ring (bicyclic) bond motifs is 2. The van der Waals surface area contributed by atoms with E-state index in [0.29, 0.717) is 12.6 Å². The normalized spacial score (nSPS) is 29.1. The molecular weight excluding hydrogens is 358 g/mol. The highest BCUT2D eigenvalue weighted by Crippen LogP contribution is 2.50. The molecule has 0 bridgehead atoms. The molecule has 0 aromatic carbocycles. The molecule has 2 aromatic rings. The van der Waals surface area contributed by atoms with Crippen LogP contribution < -0.4 is 5.32 Å². The number of hydrogen-bond acceptors (Lipinski definition) is 5. The number of hydrogen-bond donors (Lipinski definition) is 2. The second-order valence-corrected chi connectivity index (χ2v) is 8.87. The van der Waals surface area contributed by atoms with Gasteiger partial charge in [0, 0.05) is 35.1 Å². The molecule has 1 spiro atoms. The van der Waals surface area contributed by atoms with Crippen molar-refractivity contribution in [2.24, 2.45) is 0 Å². The highest BCUT2D eigenvalue weighted by molar-refractivity contribution is 7.16. The van der Waals surface area contributed by atoms with Gasteiger partial charge in [0.1, 0.15) is 5.60 Å². The number of ether oxygens (including phenoxy) is 1. The lowest BCUT2D eigenvalue weighted by Gasteiger charge is -2.46. The Labute approximate surface area is 156 Å². The Bertz CT molecular complexity index is 774. The Morgan fingerprint density at radius 2 is 2.36 bits per heavy atom. The molecular formula is C18H24ClN3O2S. The fourth-order valence-electron chi connectivity index (χ4n) is 4.35. The van der Waals surface area contributed by atoms with Gasteiger partial charge in [-0.1, -0.05) is 11.6 Å². The Hall–Kier alpha value is -0.920. The van der Waals surface area contributed by atoms with Gasteiger partial charge in [0.05, 0.1) is 29.8 Å². The fraction of sp³-hybridized carbons (Fsp3) is 0.611. The summed E-state index contributed by atoms with van der Waals surface area (Å²) in [4.78, 5) is 1.31. The summed E-state index contributed by atoms with van der Waals surface area (Å²) in [7, 11) is 0. The van der Waals surface area contributed by atoms with E-state index in [4.69, 9.17) is 16.3 Å². The van der Waals surface area contributed by atoms with Gasteiger partial charge in [0.15, 0.2) is 0 Å². The van der Waals surface area contributed by atoms with Gasteiger partial charge in [-0.3, -0.25) is 4.68 Å². The van der Waals surface area contributed by atoms with Crippen LogP contribution in [0.1, 0.15) is 47.5 Å². The van der Waals surface area contributed by atoms with Crippen LogP contribution in [0.15, 0.2) is 12.3 Å². The number of piperidine rings is 1. The van der Waals surface area contributed by atoms with E-state index in [1.54, 1.807) is 11.3 Å². The zero-order valence-electron chi connectivity index (χ0n) is 14.6. The quantitative estimate of drug-likeness (QED) is 0.857. The molecule has 0 radical (unpaired) electrons. The van der Waals surface area contributed by atoms with Crippen molar-refractivity contribution in [2.45, 2.75) is 57.3 Å². The molecule has 2 N–H and O–H groups in total. The van der Waals surface area contributed by atoms with Crippen LogP contribution in [0.4, 0.5) is 0 Å². The number of nitrogens with one attached hydrogen (secondary N) is 1. The third-order valence-corrected chi connectivity index (χ3v) is 6.78. The van der Waals surface area contributed by atoms with Crippen LogP contribution in [0.3, 0.4) is 0 Å². The van der Waals surface area contributed by atoms with Crippen molar-refractivity contribution in [1.82, 2.24) is 15.1 Å². The third kappa shape index (κ3) is 3.15. The second kappa shape index (κ2) is 6.67. The van der Waals surface area contributed by atoms with E-state index in [-0.39, 0.29) is 18.2 Å². The largest absolute Gasteiger partial charge is 0.394 e. The number of halogens is 1. The number of aliphatic hydroxyl groups excluding tert-OH is 1. The predicted molar refractivity (Wildman–Crippen MR) is 99.3 cm³/mol. The Morgan fingerprint density at radius 1 is 1.52 bits per heavy atom. The molecule has 2 aromatic heterocycles. The van der Waals surface area contributed by atoms with Crippen LogP contribution in [-0.4, -0.2) is 34.1 Å². The number of nitrogens with zero attached hydrogens (tertiary/aromatic N) is 2. The highest BCUT2D eigenvalue weighted by Gasteiger charge is 2.46. The topological polar surface area (TPSA) is 59.3 Å². The molecule has 0 amide bonds. The molecule has 0 aliphatic carbocycles. The van der Waals surface area contributed by atoms with Crippen molar-refractivity contribution in [3.05, 3.63) is 38.3 Å².